The topological polar surface area (TPSA) is 58.7 Å². The summed E-state index contributed by atoms with van der Waals surface area (Å²) in [4.78, 5) is 2.33. The summed E-state index contributed by atoms with van der Waals surface area (Å²) in [6, 6.07) is 8.39. The van der Waals surface area contributed by atoms with Crippen LogP contribution in [0.4, 0.5) is 5.69 Å². The molecular formula is C18H30N2O2. The van der Waals surface area contributed by atoms with Crippen LogP contribution in [-0.2, 0) is 0 Å². The average Bonchev–Trinajstić information content (AvgIpc) is 2.47. The summed E-state index contributed by atoms with van der Waals surface area (Å²) >= 11 is 0. The molecule has 3 atom stereocenters. The van der Waals surface area contributed by atoms with E-state index in [0.29, 0.717) is 18.4 Å². The number of ether oxygens (including phenoxy) is 1. The highest BCUT2D eigenvalue weighted by Gasteiger charge is 2.27. The molecule has 22 heavy (non-hydrogen) atoms. The largest absolute Gasteiger partial charge is 0.494 e. The lowest BCUT2D eigenvalue weighted by Gasteiger charge is -2.39. The van der Waals surface area contributed by atoms with Gasteiger partial charge in [0.25, 0.3) is 0 Å². The molecule has 4 heteroatoms. The van der Waals surface area contributed by atoms with E-state index in [1.165, 1.54) is 5.69 Å². The zero-order valence-corrected chi connectivity index (χ0v) is 14.0. The Balaban J connectivity index is 2.00. The molecule has 3 unspecified atom stereocenters. The van der Waals surface area contributed by atoms with E-state index in [-0.39, 0.29) is 12.1 Å². The van der Waals surface area contributed by atoms with E-state index < -0.39 is 0 Å². The van der Waals surface area contributed by atoms with Crippen molar-refractivity contribution in [2.75, 3.05) is 24.6 Å². The first-order valence-electron chi connectivity index (χ1n) is 8.41. The molecule has 0 saturated carbocycles. The Bertz CT molecular complexity index is 447. The quantitative estimate of drug-likeness (QED) is 0.848. The van der Waals surface area contributed by atoms with Gasteiger partial charge in [-0.25, -0.2) is 0 Å². The van der Waals surface area contributed by atoms with Gasteiger partial charge in [-0.2, -0.15) is 0 Å². The molecule has 3 N–H and O–H groups in total. The van der Waals surface area contributed by atoms with E-state index >= 15 is 0 Å². The van der Waals surface area contributed by atoms with Crippen molar-refractivity contribution in [1.82, 2.24) is 0 Å². The lowest BCUT2D eigenvalue weighted by molar-refractivity contribution is 0.0922. The predicted octanol–water partition coefficient (Wildman–Crippen LogP) is 2.65. The maximum absolute atomic E-state index is 10.1. The van der Waals surface area contributed by atoms with E-state index in [1.807, 2.05) is 19.1 Å². The van der Waals surface area contributed by atoms with Gasteiger partial charge in [0, 0.05) is 24.8 Å². The number of benzene rings is 1. The van der Waals surface area contributed by atoms with Crippen LogP contribution in [0.1, 0.15) is 33.6 Å². The third-order valence-electron chi connectivity index (χ3n) is 4.43. The molecule has 1 aromatic carbocycles. The molecule has 1 aromatic rings. The van der Waals surface area contributed by atoms with Crippen LogP contribution >= 0.6 is 0 Å². The molecule has 2 rings (SSSR count). The van der Waals surface area contributed by atoms with Crippen LogP contribution in [0.15, 0.2) is 24.3 Å². The molecule has 0 radical (unpaired) electrons. The number of rotatable bonds is 6. The predicted molar refractivity (Wildman–Crippen MR) is 91.4 cm³/mol. The van der Waals surface area contributed by atoms with Gasteiger partial charge in [-0.15, -0.1) is 0 Å². The molecule has 1 fully saturated rings. The van der Waals surface area contributed by atoms with Crippen LogP contribution in [0.5, 0.6) is 5.75 Å². The van der Waals surface area contributed by atoms with Crippen molar-refractivity contribution in [3.63, 3.8) is 0 Å². The highest BCUT2D eigenvalue weighted by Crippen LogP contribution is 2.28. The zero-order chi connectivity index (χ0) is 16.1. The van der Waals surface area contributed by atoms with Gasteiger partial charge in [0.1, 0.15) is 5.75 Å². The molecule has 4 nitrogen and oxygen atoms in total. The van der Waals surface area contributed by atoms with Crippen LogP contribution in [0.2, 0.25) is 0 Å². The van der Waals surface area contributed by atoms with Crippen molar-refractivity contribution in [1.29, 1.82) is 0 Å². The minimum absolute atomic E-state index is 0.171. The molecule has 1 saturated heterocycles. The highest BCUT2D eigenvalue weighted by atomic mass is 16.5. The smallest absolute Gasteiger partial charge is 0.119 e. The number of nitrogens with two attached hydrogens (primary N) is 1. The fraction of sp³-hybridized carbons (Fsp3) is 0.667. The molecule has 1 heterocycles. The van der Waals surface area contributed by atoms with Crippen LogP contribution in [0, 0.1) is 11.8 Å². The lowest BCUT2D eigenvalue weighted by Crippen LogP contribution is -2.48. The van der Waals surface area contributed by atoms with E-state index in [9.17, 15) is 5.11 Å². The Morgan fingerprint density at radius 3 is 2.55 bits per heavy atom. The first-order valence-corrected chi connectivity index (χ1v) is 8.41. The van der Waals surface area contributed by atoms with E-state index in [1.54, 1.807) is 0 Å². The molecule has 1 aliphatic rings. The van der Waals surface area contributed by atoms with Crippen LogP contribution in [-0.4, -0.2) is 36.9 Å². The summed E-state index contributed by atoms with van der Waals surface area (Å²) in [6.45, 7) is 8.65. The Morgan fingerprint density at radius 2 is 1.95 bits per heavy atom. The SMILES string of the molecule is CCOc1ccc(N2CC(N)CC(CC(O)C(C)C)C2)cc1. The molecule has 124 valence electrons. The van der Waals surface area contributed by atoms with Crippen molar-refractivity contribution >= 4 is 5.69 Å². The summed E-state index contributed by atoms with van der Waals surface area (Å²) in [5.74, 6) is 1.66. The number of piperidine rings is 1. The van der Waals surface area contributed by atoms with Crippen LogP contribution < -0.4 is 15.4 Å². The van der Waals surface area contributed by atoms with Crippen molar-refractivity contribution in [2.24, 2.45) is 17.6 Å². The van der Waals surface area contributed by atoms with Crippen LogP contribution in [0.3, 0.4) is 0 Å². The Morgan fingerprint density at radius 1 is 1.27 bits per heavy atom. The number of anilines is 1. The van der Waals surface area contributed by atoms with E-state index in [4.69, 9.17) is 10.5 Å². The average molecular weight is 306 g/mol. The summed E-state index contributed by atoms with van der Waals surface area (Å²) in [5, 5.41) is 10.1. The second-order valence-electron chi connectivity index (χ2n) is 6.74. The molecular weight excluding hydrogens is 276 g/mol. The van der Waals surface area contributed by atoms with Gasteiger partial charge >= 0.3 is 0 Å². The van der Waals surface area contributed by atoms with Crippen molar-refractivity contribution < 1.29 is 9.84 Å². The normalized spacial score (nSPS) is 23.6. The first kappa shape index (κ1) is 17.1. The van der Waals surface area contributed by atoms with Gasteiger partial charge in [0.2, 0.25) is 0 Å². The summed E-state index contributed by atoms with van der Waals surface area (Å²) < 4.78 is 5.49. The van der Waals surface area contributed by atoms with Gasteiger partial charge in [0.15, 0.2) is 0 Å². The fourth-order valence-corrected chi connectivity index (χ4v) is 3.16. The van der Waals surface area contributed by atoms with Crippen molar-refractivity contribution in [2.45, 2.75) is 45.8 Å². The highest BCUT2D eigenvalue weighted by molar-refractivity contribution is 5.49. The third-order valence-corrected chi connectivity index (χ3v) is 4.43. The maximum atomic E-state index is 10.1. The second kappa shape index (κ2) is 7.84. The molecule has 0 aromatic heterocycles. The summed E-state index contributed by atoms with van der Waals surface area (Å²) in [6.07, 6.45) is 1.59. The number of hydrogen-bond donors (Lipinski definition) is 2. The number of aliphatic hydroxyl groups is 1. The molecule has 0 spiro atoms. The molecule has 0 aliphatic carbocycles. The molecule has 0 amide bonds. The Hall–Kier alpha value is -1.26. The van der Waals surface area contributed by atoms with Crippen molar-refractivity contribution in [3.8, 4) is 5.75 Å². The summed E-state index contributed by atoms with van der Waals surface area (Å²) in [5.41, 5.74) is 7.42. The standard InChI is InChI=1S/C18H30N2O2/c1-4-22-17-7-5-16(6-8-17)20-11-14(9-15(19)12-20)10-18(21)13(2)3/h5-8,13-15,18,21H,4,9-12,19H2,1-3H3. The number of nitrogens with zero attached hydrogens (tertiary/aromatic N) is 1. The molecule has 1 aliphatic heterocycles. The Labute approximate surface area is 134 Å². The number of hydrogen-bond acceptors (Lipinski definition) is 4. The third kappa shape index (κ3) is 4.62. The summed E-state index contributed by atoms with van der Waals surface area (Å²) in [7, 11) is 0. The van der Waals surface area contributed by atoms with Gasteiger partial charge in [-0.3, -0.25) is 0 Å². The van der Waals surface area contributed by atoms with Crippen LogP contribution in [0.25, 0.3) is 0 Å². The first-order chi connectivity index (χ1) is 10.5. The minimum Gasteiger partial charge on any atom is -0.494 e. The van der Waals surface area contributed by atoms with Gasteiger partial charge < -0.3 is 20.5 Å². The van der Waals surface area contributed by atoms with Crippen molar-refractivity contribution in [3.05, 3.63) is 24.3 Å². The van der Waals surface area contributed by atoms with E-state index in [0.717, 1.165) is 31.7 Å². The van der Waals surface area contributed by atoms with Gasteiger partial charge in [-0.1, -0.05) is 13.8 Å². The van der Waals surface area contributed by atoms with Gasteiger partial charge in [0.05, 0.1) is 12.7 Å². The maximum Gasteiger partial charge on any atom is 0.119 e. The Kier molecular flexibility index (Phi) is 6.09. The zero-order valence-electron chi connectivity index (χ0n) is 14.0. The lowest BCUT2D eigenvalue weighted by atomic mass is 9.87. The molecule has 0 bridgehead atoms. The monoisotopic (exact) mass is 306 g/mol. The van der Waals surface area contributed by atoms with Gasteiger partial charge in [-0.05, 0) is 55.9 Å². The van der Waals surface area contributed by atoms with E-state index in [2.05, 4.69) is 30.9 Å². The fourth-order valence-electron chi connectivity index (χ4n) is 3.16. The second-order valence-corrected chi connectivity index (χ2v) is 6.74. The minimum atomic E-state index is -0.238. The number of aliphatic hydroxyl groups excluding tert-OH is 1.